The van der Waals surface area contributed by atoms with Crippen LogP contribution in [-0.2, 0) is 9.59 Å². The molecule has 1 spiro atoms. The van der Waals surface area contributed by atoms with Crippen molar-refractivity contribution in [2.24, 2.45) is 11.3 Å². The predicted molar refractivity (Wildman–Crippen MR) is 65.6 cm³/mol. The molecule has 0 atom stereocenters. The van der Waals surface area contributed by atoms with E-state index in [1.165, 1.54) is 4.90 Å². The van der Waals surface area contributed by atoms with Crippen LogP contribution in [0.2, 0.25) is 0 Å². The second-order valence-corrected chi connectivity index (χ2v) is 5.69. The summed E-state index contributed by atoms with van der Waals surface area (Å²) in [4.78, 5) is 37.0. The minimum absolute atomic E-state index is 0.286. The molecule has 5 heteroatoms. The molecule has 0 aromatic carbocycles. The second-order valence-electron chi connectivity index (χ2n) is 5.69. The first-order valence-corrected chi connectivity index (χ1v) is 6.65. The molecule has 1 aliphatic heterocycles. The van der Waals surface area contributed by atoms with Crippen LogP contribution in [0.4, 0.5) is 4.79 Å². The van der Waals surface area contributed by atoms with Crippen LogP contribution in [0.3, 0.4) is 0 Å². The molecule has 0 bridgehead atoms. The molecule has 1 saturated heterocycles. The lowest BCUT2D eigenvalue weighted by molar-refractivity contribution is -0.157. The van der Waals surface area contributed by atoms with Crippen molar-refractivity contribution in [2.75, 3.05) is 6.54 Å². The van der Waals surface area contributed by atoms with E-state index in [1.54, 1.807) is 0 Å². The molecule has 5 nitrogen and oxygen atoms in total. The van der Waals surface area contributed by atoms with E-state index in [4.69, 9.17) is 0 Å². The molecular formula is C13H20N2O3. The summed E-state index contributed by atoms with van der Waals surface area (Å²) in [5.74, 6) is -0.137. The zero-order valence-corrected chi connectivity index (χ0v) is 11.0. The third-order valence-electron chi connectivity index (χ3n) is 3.93. The lowest BCUT2D eigenvalue weighted by Crippen LogP contribution is -2.66. The van der Waals surface area contributed by atoms with Gasteiger partial charge in [0.15, 0.2) is 0 Å². The van der Waals surface area contributed by atoms with Crippen molar-refractivity contribution in [3.05, 3.63) is 0 Å². The van der Waals surface area contributed by atoms with E-state index in [0.717, 1.165) is 19.3 Å². The largest absolute Gasteiger partial charge is 0.330 e. The van der Waals surface area contributed by atoms with E-state index < -0.39 is 17.4 Å². The number of barbiturate groups is 1. The third kappa shape index (κ3) is 2.02. The number of hydrogen-bond donors (Lipinski definition) is 1. The molecule has 1 aliphatic carbocycles. The summed E-state index contributed by atoms with van der Waals surface area (Å²) < 4.78 is 0. The fourth-order valence-corrected chi connectivity index (χ4v) is 2.56. The van der Waals surface area contributed by atoms with Crippen molar-refractivity contribution in [3.63, 3.8) is 0 Å². The minimum Gasteiger partial charge on any atom is -0.277 e. The first kappa shape index (κ1) is 13.1. The zero-order chi connectivity index (χ0) is 13.3. The van der Waals surface area contributed by atoms with Gasteiger partial charge in [0.2, 0.25) is 11.8 Å². The number of nitrogens with zero attached hydrogens (tertiary/aromatic N) is 1. The highest BCUT2D eigenvalue weighted by Crippen LogP contribution is 2.44. The Kier molecular flexibility index (Phi) is 3.41. The van der Waals surface area contributed by atoms with E-state index >= 15 is 0 Å². The van der Waals surface area contributed by atoms with Crippen molar-refractivity contribution < 1.29 is 14.4 Å². The number of hydrogen-bond acceptors (Lipinski definition) is 3. The molecule has 18 heavy (non-hydrogen) atoms. The minimum atomic E-state index is -0.925. The van der Waals surface area contributed by atoms with Gasteiger partial charge in [-0.05, 0) is 31.6 Å². The highest BCUT2D eigenvalue weighted by molar-refractivity contribution is 6.19. The lowest BCUT2D eigenvalue weighted by Gasteiger charge is -2.44. The molecule has 0 radical (unpaired) electrons. The van der Waals surface area contributed by atoms with Gasteiger partial charge in [-0.25, -0.2) is 4.79 Å². The number of amides is 4. The maximum absolute atomic E-state index is 12.3. The molecule has 2 fully saturated rings. The fraction of sp³-hybridized carbons (Fsp3) is 0.769. The third-order valence-corrected chi connectivity index (χ3v) is 3.93. The number of urea groups is 1. The van der Waals surface area contributed by atoms with Gasteiger partial charge in [-0.2, -0.15) is 0 Å². The molecule has 4 amide bonds. The van der Waals surface area contributed by atoms with Crippen molar-refractivity contribution in [1.29, 1.82) is 0 Å². The van der Waals surface area contributed by atoms with Gasteiger partial charge >= 0.3 is 6.03 Å². The van der Waals surface area contributed by atoms with Crippen LogP contribution in [0.25, 0.3) is 0 Å². The Morgan fingerprint density at radius 3 is 2.44 bits per heavy atom. The monoisotopic (exact) mass is 252 g/mol. The Hall–Kier alpha value is -1.39. The summed E-state index contributed by atoms with van der Waals surface area (Å²) in [5, 5.41) is 2.32. The van der Waals surface area contributed by atoms with Crippen LogP contribution in [0.5, 0.6) is 0 Å². The van der Waals surface area contributed by atoms with Crippen molar-refractivity contribution >= 4 is 17.8 Å². The Morgan fingerprint density at radius 1 is 1.28 bits per heavy atom. The molecule has 1 N–H and O–H groups in total. The summed E-state index contributed by atoms with van der Waals surface area (Å²) in [6, 6.07) is -0.550. The van der Waals surface area contributed by atoms with E-state index in [-0.39, 0.29) is 5.91 Å². The van der Waals surface area contributed by atoms with Crippen molar-refractivity contribution in [1.82, 2.24) is 10.2 Å². The van der Waals surface area contributed by atoms with Crippen LogP contribution in [0.1, 0.15) is 46.0 Å². The second kappa shape index (κ2) is 4.71. The molecule has 2 aliphatic rings. The Balaban J connectivity index is 2.03. The zero-order valence-electron chi connectivity index (χ0n) is 11.0. The summed E-state index contributed by atoms with van der Waals surface area (Å²) in [5.41, 5.74) is -0.925. The van der Waals surface area contributed by atoms with Gasteiger partial charge in [-0.1, -0.05) is 20.3 Å². The van der Waals surface area contributed by atoms with E-state index in [9.17, 15) is 14.4 Å². The smallest absolute Gasteiger partial charge is 0.277 e. The van der Waals surface area contributed by atoms with Crippen LogP contribution in [0, 0.1) is 11.3 Å². The lowest BCUT2D eigenvalue weighted by atomic mass is 9.66. The molecule has 2 rings (SSSR count). The van der Waals surface area contributed by atoms with Crippen molar-refractivity contribution in [2.45, 2.75) is 46.0 Å². The molecule has 1 saturated carbocycles. The topological polar surface area (TPSA) is 66.5 Å². The highest BCUT2D eigenvalue weighted by atomic mass is 16.2. The molecule has 100 valence electrons. The fourth-order valence-electron chi connectivity index (χ4n) is 2.56. The van der Waals surface area contributed by atoms with Gasteiger partial charge in [0.25, 0.3) is 0 Å². The number of rotatable bonds is 4. The number of carbonyl (C=O) groups is 3. The van der Waals surface area contributed by atoms with Gasteiger partial charge in [0.1, 0.15) is 5.41 Å². The molecular weight excluding hydrogens is 232 g/mol. The SMILES string of the molecule is CC(C)CCCN1C(=O)NC(=O)C2(CCC2)C1=O. The maximum atomic E-state index is 12.3. The standard InChI is InChI=1S/C13H20N2O3/c1-9(2)5-3-8-15-11(17)13(6-4-7-13)10(16)14-12(15)18/h9H,3-8H2,1-2H3,(H,14,16,18). The van der Waals surface area contributed by atoms with E-state index in [0.29, 0.717) is 25.3 Å². The van der Waals surface area contributed by atoms with E-state index in [2.05, 4.69) is 19.2 Å². The van der Waals surface area contributed by atoms with Crippen LogP contribution in [0.15, 0.2) is 0 Å². The van der Waals surface area contributed by atoms with Crippen LogP contribution >= 0.6 is 0 Å². The number of nitrogens with one attached hydrogen (secondary N) is 1. The highest BCUT2D eigenvalue weighted by Gasteiger charge is 2.57. The Bertz CT molecular complexity index is 386. The summed E-state index contributed by atoms with van der Waals surface area (Å²) in [7, 11) is 0. The van der Waals surface area contributed by atoms with Gasteiger partial charge in [-0.3, -0.25) is 19.8 Å². The average molecular weight is 252 g/mol. The Labute approximate surface area is 107 Å². The molecule has 0 aromatic rings. The molecule has 0 unspecified atom stereocenters. The molecule has 0 aromatic heterocycles. The number of imide groups is 2. The first-order valence-electron chi connectivity index (χ1n) is 6.65. The van der Waals surface area contributed by atoms with Gasteiger partial charge in [-0.15, -0.1) is 0 Å². The quantitative estimate of drug-likeness (QED) is 0.774. The van der Waals surface area contributed by atoms with Crippen LogP contribution < -0.4 is 5.32 Å². The summed E-state index contributed by atoms with van der Waals surface area (Å²) in [6.07, 6.45) is 3.80. The van der Waals surface area contributed by atoms with Crippen molar-refractivity contribution in [3.8, 4) is 0 Å². The average Bonchev–Trinajstić information content (AvgIpc) is 2.20. The number of carbonyl (C=O) groups excluding carboxylic acids is 3. The first-order chi connectivity index (χ1) is 8.47. The molecule has 1 heterocycles. The predicted octanol–water partition coefficient (Wildman–Crippen LogP) is 1.67. The normalized spacial score (nSPS) is 22.4. The van der Waals surface area contributed by atoms with Gasteiger partial charge in [0.05, 0.1) is 0 Å². The summed E-state index contributed by atoms with van der Waals surface area (Å²) in [6.45, 7) is 4.63. The Morgan fingerprint density at radius 2 is 1.94 bits per heavy atom. The maximum Gasteiger partial charge on any atom is 0.330 e. The van der Waals surface area contributed by atoms with Crippen LogP contribution in [-0.4, -0.2) is 29.3 Å². The van der Waals surface area contributed by atoms with E-state index in [1.807, 2.05) is 0 Å². The van der Waals surface area contributed by atoms with Gasteiger partial charge in [0, 0.05) is 6.54 Å². The van der Waals surface area contributed by atoms with Gasteiger partial charge < -0.3 is 0 Å². The summed E-state index contributed by atoms with van der Waals surface area (Å²) >= 11 is 0.